The molecule has 0 aliphatic carbocycles. The Bertz CT molecular complexity index is 553. The zero-order valence-corrected chi connectivity index (χ0v) is 8.75. The number of rotatable bonds is 3. The lowest BCUT2D eigenvalue weighted by molar-refractivity contribution is -0.138. The van der Waals surface area contributed by atoms with Gasteiger partial charge in [0.15, 0.2) is 0 Å². The second kappa shape index (κ2) is 4.34. The molecule has 0 amide bonds. The van der Waals surface area contributed by atoms with Gasteiger partial charge in [-0.3, -0.25) is 4.79 Å². The molecule has 0 aliphatic heterocycles. The Morgan fingerprint density at radius 3 is 2.82 bits per heavy atom. The maximum Gasteiger partial charge on any atom is 0.325 e. The van der Waals surface area contributed by atoms with Gasteiger partial charge in [-0.15, -0.1) is 0 Å². The number of hydrogen-bond acceptors (Lipinski definition) is 3. The summed E-state index contributed by atoms with van der Waals surface area (Å²) < 4.78 is 14.7. The minimum Gasteiger partial charge on any atom is -0.480 e. The first-order valence-electron chi connectivity index (χ1n) is 4.87. The van der Waals surface area contributed by atoms with E-state index in [1.54, 1.807) is 18.2 Å². The number of para-hydroxylation sites is 1. The van der Waals surface area contributed by atoms with E-state index in [0.717, 1.165) is 0 Å². The van der Waals surface area contributed by atoms with E-state index in [-0.39, 0.29) is 5.69 Å². The third kappa shape index (κ3) is 2.16. The van der Waals surface area contributed by atoms with Crippen LogP contribution in [-0.4, -0.2) is 20.9 Å². The quantitative estimate of drug-likeness (QED) is 0.834. The SMILES string of the molecule is NC(C(=O)O)c1cnn(-c2ccccc2F)c1. The van der Waals surface area contributed by atoms with Gasteiger partial charge < -0.3 is 10.8 Å². The molecule has 1 aromatic carbocycles. The Morgan fingerprint density at radius 1 is 1.47 bits per heavy atom. The van der Waals surface area contributed by atoms with Gasteiger partial charge in [-0.25, -0.2) is 9.07 Å². The van der Waals surface area contributed by atoms with E-state index in [0.29, 0.717) is 5.56 Å². The van der Waals surface area contributed by atoms with E-state index in [2.05, 4.69) is 5.10 Å². The van der Waals surface area contributed by atoms with Gasteiger partial charge in [0.25, 0.3) is 0 Å². The normalized spacial score (nSPS) is 12.4. The monoisotopic (exact) mass is 235 g/mol. The van der Waals surface area contributed by atoms with E-state index >= 15 is 0 Å². The van der Waals surface area contributed by atoms with Gasteiger partial charge >= 0.3 is 5.97 Å². The molecule has 0 aliphatic rings. The fourth-order valence-electron chi connectivity index (χ4n) is 1.41. The first-order valence-corrected chi connectivity index (χ1v) is 4.87. The fraction of sp³-hybridized carbons (Fsp3) is 0.0909. The minimum absolute atomic E-state index is 0.247. The second-order valence-corrected chi connectivity index (χ2v) is 3.49. The Labute approximate surface area is 96.3 Å². The topological polar surface area (TPSA) is 81.1 Å². The Hall–Kier alpha value is -2.21. The van der Waals surface area contributed by atoms with Gasteiger partial charge in [-0.05, 0) is 12.1 Å². The van der Waals surface area contributed by atoms with Gasteiger partial charge in [0, 0.05) is 11.8 Å². The average molecular weight is 235 g/mol. The van der Waals surface area contributed by atoms with Crippen LogP contribution < -0.4 is 5.73 Å². The lowest BCUT2D eigenvalue weighted by atomic mass is 10.2. The molecule has 0 radical (unpaired) electrons. The van der Waals surface area contributed by atoms with Crippen molar-refractivity contribution in [3.05, 3.63) is 48.0 Å². The molecular weight excluding hydrogens is 225 g/mol. The summed E-state index contributed by atoms with van der Waals surface area (Å²) in [5.74, 6) is -1.59. The highest BCUT2D eigenvalue weighted by molar-refractivity contribution is 5.74. The van der Waals surface area contributed by atoms with Gasteiger partial charge in [0.1, 0.15) is 17.5 Å². The number of hydrogen-bond donors (Lipinski definition) is 2. The molecule has 0 spiro atoms. The van der Waals surface area contributed by atoms with E-state index in [1.165, 1.54) is 23.1 Å². The summed E-state index contributed by atoms with van der Waals surface area (Å²) in [6.45, 7) is 0. The summed E-state index contributed by atoms with van der Waals surface area (Å²) in [6, 6.07) is 4.91. The van der Waals surface area contributed by atoms with Crippen molar-refractivity contribution in [2.75, 3.05) is 0 Å². The Morgan fingerprint density at radius 2 is 2.18 bits per heavy atom. The fourth-order valence-corrected chi connectivity index (χ4v) is 1.41. The molecule has 1 atom stereocenters. The van der Waals surface area contributed by atoms with Crippen molar-refractivity contribution in [2.45, 2.75) is 6.04 Å². The number of benzene rings is 1. The number of carboxylic acid groups (broad SMARTS) is 1. The predicted molar refractivity (Wildman–Crippen MR) is 58.1 cm³/mol. The van der Waals surface area contributed by atoms with Crippen LogP contribution in [0.5, 0.6) is 0 Å². The largest absolute Gasteiger partial charge is 0.480 e. The zero-order valence-electron chi connectivity index (χ0n) is 8.75. The molecule has 0 bridgehead atoms. The van der Waals surface area contributed by atoms with Crippen LogP contribution in [0, 0.1) is 5.82 Å². The van der Waals surface area contributed by atoms with Crippen molar-refractivity contribution in [3.8, 4) is 5.69 Å². The van der Waals surface area contributed by atoms with Crippen molar-refractivity contribution in [3.63, 3.8) is 0 Å². The molecular formula is C11H10FN3O2. The van der Waals surface area contributed by atoms with Crippen LogP contribution in [0.15, 0.2) is 36.7 Å². The number of aromatic nitrogens is 2. The molecule has 5 nitrogen and oxygen atoms in total. The summed E-state index contributed by atoms with van der Waals surface area (Å²) in [5, 5.41) is 12.6. The molecule has 1 aromatic heterocycles. The molecule has 0 saturated heterocycles. The molecule has 1 heterocycles. The predicted octanol–water partition coefficient (Wildman–Crippen LogP) is 1.10. The second-order valence-electron chi connectivity index (χ2n) is 3.49. The molecule has 2 rings (SSSR count). The van der Waals surface area contributed by atoms with Crippen molar-refractivity contribution >= 4 is 5.97 Å². The number of nitrogens with zero attached hydrogens (tertiary/aromatic N) is 2. The molecule has 0 saturated carbocycles. The van der Waals surface area contributed by atoms with Crippen molar-refractivity contribution in [2.24, 2.45) is 5.73 Å². The molecule has 17 heavy (non-hydrogen) atoms. The molecule has 2 aromatic rings. The number of carbonyl (C=O) groups is 1. The number of halogens is 1. The summed E-state index contributed by atoms with van der Waals surface area (Å²) >= 11 is 0. The highest BCUT2D eigenvalue weighted by atomic mass is 19.1. The molecule has 0 fully saturated rings. The van der Waals surface area contributed by atoms with Crippen LogP contribution in [0.1, 0.15) is 11.6 Å². The van der Waals surface area contributed by atoms with Crippen molar-refractivity contribution in [1.29, 1.82) is 0 Å². The lowest BCUT2D eigenvalue weighted by Crippen LogP contribution is -2.19. The first-order chi connectivity index (χ1) is 8.09. The van der Waals surface area contributed by atoms with E-state index < -0.39 is 17.8 Å². The standard InChI is InChI=1S/C11H10FN3O2/c12-8-3-1-2-4-9(8)15-6-7(5-14-15)10(13)11(16)17/h1-6,10H,13H2,(H,16,17). The average Bonchev–Trinajstić information content (AvgIpc) is 2.77. The van der Waals surface area contributed by atoms with E-state index in [1.807, 2.05) is 0 Å². The summed E-state index contributed by atoms with van der Waals surface area (Å²) in [4.78, 5) is 10.7. The van der Waals surface area contributed by atoms with Gasteiger partial charge in [-0.2, -0.15) is 5.10 Å². The van der Waals surface area contributed by atoms with Crippen LogP contribution >= 0.6 is 0 Å². The zero-order chi connectivity index (χ0) is 12.4. The maximum absolute atomic E-state index is 13.4. The van der Waals surface area contributed by atoms with Crippen molar-refractivity contribution in [1.82, 2.24) is 9.78 Å². The molecule has 88 valence electrons. The maximum atomic E-state index is 13.4. The third-order valence-electron chi connectivity index (χ3n) is 2.33. The van der Waals surface area contributed by atoms with E-state index in [4.69, 9.17) is 10.8 Å². The minimum atomic E-state index is -1.16. The van der Waals surface area contributed by atoms with Crippen LogP contribution in [0.25, 0.3) is 5.69 Å². The molecule has 3 N–H and O–H groups in total. The van der Waals surface area contributed by atoms with Crippen LogP contribution in [0.4, 0.5) is 4.39 Å². The van der Waals surface area contributed by atoms with Crippen LogP contribution in [0.3, 0.4) is 0 Å². The molecule has 6 heteroatoms. The van der Waals surface area contributed by atoms with Crippen molar-refractivity contribution < 1.29 is 14.3 Å². The summed E-state index contributed by atoms with van der Waals surface area (Å²) in [6.07, 6.45) is 2.71. The number of carboxylic acids is 1. The smallest absolute Gasteiger partial charge is 0.325 e. The Kier molecular flexibility index (Phi) is 2.88. The van der Waals surface area contributed by atoms with Crippen LogP contribution in [0.2, 0.25) is 0 Å². The summed E-state index contributed by atoms with van der Waals surface area (Å²) in [7, 11) is 0. The van der Waals surface area contributed by atoms with Gasteiger partial charge in [-0.1, -0.05) is 12.1 Å². The number of aliphatic carboxylic acids is 1. The Balaban J connectivity index is 2.37. The first kappa shape index (κ1) is 11.3. The highest BCUT2D eigenvalue weighted by Gasteiger charge is 2.16. The van der Waals surface area contributed by atoms with Gasteiger partial charge in [0.2, 0.25) is 0 Å². The van der Waals surface area contributed by atoms with E-state index in [9.17, 15) is 9.18 Å². The lowest BCUT2D eigenvalue weighted by Gasteiger charge is -2.03. The number of nitrogens with two attached hydrogens (primary N) is 1. The summed E-state index contributed by atoms with van der Waals surface area (Å²) in [5.41, 5.74) is 5.99. The third-order valence-corrected chi connectivity index (χ3v) is 2.33. The van der Waals surface area contributed by atoms with Crippen LogP contribution in [-0.2, 0) is 4.79 Å². The van der Waals surface area contributed by atoms with Gasteiger partial charge in [0.05, 0.1) is 6.20 Å². The molecule has 1 unspecified atom stereocenters. The highest BCUT2D eigenvalue weighted by Crippen LogP contribution is 2.15.